The van der Waals surface area contributed by atoms with Gasteiger partial charge >= 0.3 is 0 Å². The highest BCUT2D eigenvalue weighted by Gasteiger charge is 2.28. The lowest BCUT2D eigenvalue weighted by Gasteiger charge is -2.08. The molecule has 0 aromatic heterocycles. The fraction of sp³-hybridized carbons (Fsp3) is 0.417. The monoisotopic (exact) mass is 306 g/mol. The first kappa shape index (κ1) is 14.4. The van der Waals surface area contributed by atoms with Gasteiger partial charge in [0.2, 0.25) is 0 Å². The summed E-state index contributed by atoms with van der Waals surface area (Å²) >= 11 is 5.54. The van der Waals surface area contributed by atoms with E-state index in [1.54, 1.807) is 0 Å². The molecule has 1 fully saturated rings. The molecule has 1 aliphatic rings. The first-order valence-corrected chi connectivity index (χ1v) is 7.71. The van der Waals surface area contributed by atoms with Crippen molar-refractivity contribution in [1.29, 1.82) is 0 Å². The molecule has 7 heteroatoms. The van der Waals surface area contributed by atoms with E-state index >= 15 is 0 Å². The zero-order chi connectivity index (χ0) is 14.0. The maximum atomic E-state index is 13.0. The van der Waals surface area contributed by atoms with E-state index in [0.29, 0.717) is 13.0 Å². The van der Waals surface area contributed by atoms with Crippen molar-refractivity contribution >= 4 is 27.2 Å². The van der Waals surface area contributed by atoms with Crippen molar-refractivity contribution in [3.63, 3.8) is 0 Å². The lowest BCUT2D eigenvalue weighted by Crippen LogP contribution is -2.24. The summed E-state index contributed by atoms with van der Waals surface area (Å²) in [7, 11) is -3.79. The van der Waals surface area contributed by atoms with Gasteiger partial charge in [-0.05, 0) is 24.6 Å². The molecule has 1 aromatic rings. The minimum Gasteiger partial charge on any atom is -0.381 e. The van der Waals surface area contributed by atoms with Crippen molar-refractivity contribution in [2.24, 2.45) is 5.92 Å². The van der Waals surface area contributed by atoms with Crippen LogP contribution in [0.2, 0.25) is 5.02 Å². The molecule has 1 heterocycles. The summed E-state index contributed by atoms with van der Waals surface area (Å²) in [5, 5.41) is -0.280. The third-order valence-corrected chi connectivity index (χ3v) is 4.89. The molecule has 0 N–H and O–H groups in total. The van der Waals surface area contributed by atoms with Crippen LogP contribution in [0.3, 0.4) is 0 Å². The molecule has 1 atom stereocenters. The number of hydrogen-bond acceptors (Lipinski definition) is 4. The largest absolute Gasteiger partial charge is 0.381 e. The molecule has 4 nitrogen and oxygen atoms in total. The normalized spacial score (nSPS) is 19.6. The maximum Gasteiger partial charge on any atom is 0.185 e. The Morgan fingerprint density at radius 1 is 1.47 bits per heavy atom. The number of rotatable bonds is 4. The Labute approximate surface area is 115 Å². The highest BCUT2D eigenvalue weighted by Crippen LogP contribution is 2.22. The van der Waals surface area contributed by atoms with Crippen molar-refractivity contribution in [2.45, 2.75) is 11.3 Å². The van der Waals surface area contributed by atoms with E-state index in [1.807, 2.05) is 0 Å². The summed E-state index contributed by atoms with van der Waals surface area (Å²) in [4.78, 5) is 11.7. The van der Waals surface area contributed by atoms with Crippen LogP contribution in [0.25, 0.3) is 0 Å². The average molecular weight is 307 g/mol. The summed E-state index contributed by atoms with van der Waals surface area (Å²) in [5.74, 6) is -2.05. The van der Waals surface area contributed by atoms with E-state index < -0.39 is 21.4 Å². The molecule has 0 aliphatic carbocycles. The van der Waals surface area contributed by atoms with Crippen LogP contribution < -0.4 is 0 Å². The highest BCUT2D eigenvalue weighted by molar-refractivity contribution is 7.92. The molecule has 1 aliphatic heterocycles. The lowest BCUT2D eigenvalue weighted by atomic mass is 10.1. The molecule has 19 heavy (non-hydrogen) atoms. The number of Topliss-reactive ketones (excluding diaryl/α,β-unsaturated/α-hetero) is 1. The van der Waals surface area contributed by atoms with Gasteiger partial charge in [-0.15, -0.1) is 0 Å². The SMILES string of the molecule is O=C(CS(=O)(=O)c1ccc(F)c(Cl)c1)C1CCOC1. The van der Waals surface area contributed by atoms with E-state index in [0.717, 1.165) is 18.2 Å². The van der Waals surface area contributed by atoms with Crippen molar-refractivity contribution < 1.29 is 22.3 Å². The van der Waals surface area contributed by atoms with E-state index in [2.05, 4.69) is 0 Å². The van der Waals surface area contributed by atoms with Crippen LogP contribution in [0.4, 0.5) is 4.39 Å². The Bertz CT molecular complexity index is 594. The van der Waals surface area contributed by atoms with E-state index in [4.69, 9.17) is 16.3 Å². The molecular formula is C12H12ClFO4S. The Morgan fingerprint density at radius 2 is 2.21 bits per heavy atom. The van der Waals surface area contributed by atoms with Crippen LogP contribution in [0.1, 0.15) is 6.42 Å². The minimum atomic E-state index is -3.79. The maximum absolute atomic E-state index is 13.0. The zero-order valence-corrected chi connectivity index (χ0v) is 11.5. The van der Waals surface area contributed by atoms with Crippen LogP contribution in [-0.2, 0) is 19.4 Å². The predicted octanol–water partition coefficient (Wildman–Crippen LogP) is 1.86. The number of carbonyl (C=O) groups excluding carboxylic acids is 1. The van der Waals surface area contributed by atoms with Gasteiger partial charge in [0.05, 0.1) is 16.5 Å². The van der Waals surface area contributed by atoms with Gasteiger partial charge in [-0.3, -0.25) is 4.79 Å². The van der Waals surface area contributed by atoms with Gasteiger partial charge in [0, 0.05) is 12.5 Å². The second kappa shape index (κ2) is 5.56. The Balaban J connectivity index is 2.17. The van der Waals surface area contributed by atoms with Gasteiger partial charge in [0.25, 0.3) is 0 Å². The minimum absolute atomic E-state index is 0.147. The molecule has 0 bridgehead atoms. The molecule has 1 aromatic carbocycles. The molecule has 0 saturated carbocycles. The van der Waals surface area contributed by atoms with Gasteiger partial charge in [0.15, 0.2) is 15.6 Å². The van der Waals surface area contributed by atoms with Gasteiger partial charge in [0.1, 0.15) is 11.6 Å². The topological polar surface area (TPSA) is 60.4 Å². The lowest BCUT2D eigenvalue weighted by molar-refractivity contribution is -0.120. The molecule has 1 unspecified atom stereocenters. The summed E-state index contributed by atoms with van der Waals surface area (Å²) < 4.78 is 42.1. The predicted molar refractivity (Wildman–Crippen MR) is 67.4 cm³/mol. The van der Waals surface area contributed by atoms with Crippen LogP contribution in [-0.4, -0.2) is 33.2 Å². The molecule has 0 amide bonds. The Kier molecular flexibility index (Phi) is 4.23. The van der Waals surface area contributed by atoms with Gasteiger partial charge in [-0.2, -0.15) is 0 Å². The van der Waals surface area contributed by atoms with Crippen molar-refractivity contribution in [2.75, 3.05) is 19.0 Å². The van der Waals surface area contributed by atoms with Gasteiger partial charge < -0.3 is 4.74 Å². The van der Waals surface area contributed by atoms with Crippen LogP contribution in [0, 0.1) is 11.7 Å². The van der Waals surface area contributed by atoms with Crippen LogP contribution in [0.15, 0.2) is 23.1 Å². The Morgan fingerprint density at radius 3 is 2.79 bits per heavy atom. The average Bonchev–Trinajstić information content (AvgIpc) is 2.85. The standard InChI is InChI=1S/C12H12ClFO4S/c13-10-5-9(1-2-11(10)14)19(16,17)7-12(15)8-3-4-18-6-8/h1-2,5,8H,3-4,6-7H2. The number of hydrogen-bond donors (Lipinski definition) is 0. The quantitative estimate of drug-likeness (QED) is 0.797. The first-order chi connectivity index (χ1) is 8.90. The zero-order valence-electron chi connectivity index (χ0n) is 9.93. The number of sulfone groups is 1. The van der Waals surface area contributed by atoms with Crippen molar-refractivity contribution in [3.8, 4) is 0 Å². The molecule has 0 radical (unpaired) electrons. The second-order valence-electron chi connectivity index (χ2n) is 4.36. The fourth-order valence-electron chi connectivity index (χ4n) is 1.85. The molecule has 104 valence electrons. The number of benzene rings is 1. The third-order valence-electron chi connectivity index (χ3n) is 2.97. The molecule has 0 spiro atoms. The van der Waals surface area contributed by atoms with E-state index in [-0.39, 0.29) is 28.2 Å². The van der Waals surface area contributed by atoms with E-state index in [9.17, 15) is 17.6 Å². The molecule has 1 saturated heterocycles. The number of ketones is 1. The Hall–Kier alpha value is -0.980. The molecular weight excluding hydrogens is 295 g/mol. The van der Waals surface area contributed by atoms with Crippen molar-refractivity contribution in [1.82, 2.24) is 0 Å². The van der Waals surface area contributed by atoms with Gasteiger partial charge in [-0.1, -0.05) is 11.6 Å². The number of ether oxygens (including phenoxy) is 1. The van der Waals surface area contributed by atoms with Crippen LogP contribution in [0.5, 0.6) is 0 Å². The number of halogens is 2. The fourth-order valence-corrected chi connectivity index (χ4v) is 3.44. The summed E-state index contributed by atoms with van der Waals surface area (Å²) in [6, 6.07) is 3.10. The summed E-state index contributed by atoms with van der Waals surface area (Å²) in [5.41, 5.74) is 0. The second-order valence-corrected chi connectivity index (χ2v) is 6.76. The first-order valence-electron chi connectivity index (χ1n) is 5.68. The van der Waals surface area contributed by atoms with E-state index in [1.165, 1.54) is 0 Å². The molecule has 2 rings (SSSR count). The van der Waals surface area contributed by atoms with Gasteiger partial charge in [-0.25, -0.2) is 12.8 Å². The smallest absolute Gasteiger partial charge is 0.185 e. The third kappa shape index (κ3) is 3.32. The summed E-state index contributed by atoms with van der Waals surface area (Å²) in [6.07, 6.45) is 0.540. The summed E-state index contributed by atoms with van der Waals surface area (Å²) in [6.45, 7) is 0.733. The van der Waals surface area contributed by atoms with Crippen molar-refractivity contribution in [3.05, 3.63) is 29.0 Å². The number of carbonyl (C=O) groups is 1. The highest BCUT2D eigenvalue weighted by atomic mass is 35.5. The van der Waals surface area contributed by atoms with Crippen LogP contribution >= 0.6 is 11.6 Å².